The second-order valence-corrected chi connectivity index (χ2v) is 5.80. The molecule has 0 saturated carbocycles. The van der Waals surface area contributed by atoms with Crippen LogP contribution in [0.4, 0.5) is 11.4 Å². The molecule has 0 amide bonds. The number of phenols is 1. The fourth-order valence-corrected chi connectivity index (χ4v) is 2.70. The number of aromatic hydroxyl groups is 1. The Labute approximate surface area is 147 Å². The Kier molecular flexibility index (Phi) is 3.83. The molecule has 0 aliphatic heterocycles. The summed E-state index contributed by atoms with van der Waals surface area (Å²) in [6.07, 6.45) is 0. The normalized spacial score (nSPS) is 11.4. The Hall–Kier alpha value is -3.32. The molecule has 3 N–H and O–H groups in total. The zero-order valence-electron chi connectivity index (χ0n) is 13.0. The topological polar surface area (TPSA) is 89.4 Å². The van der Waals surface area contributed by atoms with Crippen molar-refractivity contribution in [1.82, 2.24) is 15.2 Å². The van der Waals surface area contributed by atoms with E-state index >= 15 is 0 Å². The maximum absolute atomic E-state index is 9.93. The lowest BCUT2D eigenvalue weighted by Crippen LogP contribution is -1.79. The minimum Gasteiger partial charge on any atom is -0.507 e. The number of rotatable bonds is 3. The van der Waals surface area contributed by atoms with Crippen LogP contribution in [0.1, 0.15) is 0 Å². The summed E-state index contributed by atoms with van der Waals surface area (Å²) in [6, 6.07) is 18.4. The van der Waals surface area contributed by atoms with Crippen molar-refractivity contribution in [2.24, 2.45) is 10.2 Å². The standard InChI is InChI=1S/C18H13N5OS/c24-16-10-9-15(13-3-1-2-4-14(13)16)21-20-12-7-5-11(6-8-12)17-19-18(25)23-22-17/h1-10,24H,(H2,19,22,23,25). The third-order valence-electron chi connectivity index (χ3n) is 3.79. The zero-order valence-corrected chi connectivity index (χ0v) is 13.8. The maximum atomic E-state index is 9.93. The molecule has 6 nitrogen and oxygen atoms in total. The van der Waals surface area contributed by atoms with Crippen LogP contribution in [0.5, 0.6) is 5.75 Å². The fraction of sp³-hybridized carbons (Fsp3) is 0. The van der Waals surface area contributed by atoms with Gasteiger partial charge in [0.1, 0.15) is 5.75 Å². The first-order valence-corrected chi connectivity index (χ1v) is 7.99. The number of nitrogens with zero attached hydrogens (tertiary/aromatic N) is 3. The lowest BCUT2D eigenvalue weighted by atomic mass is 10.1. The predicted octanol–water partition coefficient (Wildman–Crippen LogP) is 5.41. The van der Waals surface area contributed by atoms with Crippen LogP contribution in [0.15, 0.2) is 70.9 Å². The summed E-state index contributed by atoms with van der Waals surface area (Å²) in [5.41, 5.74) is 2.32. The number of nitrogens with one attached hydrogen (secondary N) is 2. The molecule has 0 saturated heterocycles. The van der Waals surface area contributed by atoms with Gasteiger partial charge in [0.2, 0.25) is 4.77 Å². The third kappa shape index (κ3) is 3.05. The second-order valence-electron chi connectivity index (χ2n) is 5.41. The molecule has 122 valence electrons. The van der Waals surface area contributed by atoms with Crippen molar-refractivity contribution < 1.29 is 5.11 Å². The number of aromatic amines is 2. The summed E-state index contributed by atoms with van der Waals surface area (Å²) >= 11 is 4.95. The largest absolute Gasteiger partial charge is 0.507 e. The van der Waals surface area contributed by atoms with E-state index in [0.717, 1.165) is 22.0 Å². The van der Waals surface area contributed by atoms with Crippen LogP contribution in [0.2, 0.25) is 0 Å². The smallest absolute Gasteiger partial charge is 0.213 e. The summed E-state index contributed by atoms with van der Waals surface area (Å²) in [4.78, 5) is 4.17. The molecule has 4 rings (SSSR count). The number of aromatic nitrogens is 3. The molecule has 0 aliphatic carbocycles. The number of benzene rings is 3. The lowest BCUT2D eigenvalue weighted by molar-refractivity contribution is 0.481. The number of hydrogen-bond acceptors (Lipinski definition) is 5. The molecule has 25 heavy (non-hydrogen) atoms. The molecule has 1 heterocycles. The molecule has 0 atom stereocenters. The first-order valence-electron chi connectivity index (χ1n) is 7.58. The molecule has 0 unspecified atom stereocenters. The van der Waals surface area contributed by atoms with E-state index in [2.05, 4.69) is 25.4 Å². The van der Waals surface area contributed by atoms with Gasteiger partial charge in [-0.2, -0.15) is 10.1 Å². The van der Waals surface area contributed by atoms with E-state index in [0.29, 0.717) is 16.3 Å². The Morgan fingerprint density at radius 2 is 1.60 bits per heavy atom. The third-order valence-corrected chi connectivity index (χ3v) is 3.99. The SMILES string of the molecule is Oc1ccc(N=Nc2ccc(-c3nc(=S)[nH][nH]3)cc2)c2ccccc12. The van der Waals surface area contributed by atoms with Gasteiger partial charge in [0.15, 0.2) is 5.82 Å². The highest BCUT2D eigenvalue weighted by atomic mass is 32.1. The van der Waals surface area contributed by atoms with Gasteiger partial charge in [0.05, 0.1) is 11.4 Å². The van der Waals surface area contributed by atoms with Gasteiger partial charge < -0.3 is 5.11 Å². The van der Waals surface area contributed by atoms with Gasteiger partial charge in [-0.3, -0.25) is 10.2 Å². The maximum Gasteiger partial charge on any atom is 0.213 e. The highest BCUT2D eigenvalue weighted by molar-refractivity contribution is 7.71. The number of azo groups is 1. The molecular formula is C18H13N5OS. The van der Waals surface area contributed by atoms with E-state index in [-0.39, 0.29) is 5.75 Å². The van der Waals surface area contributed by atoms with Crippen LogP contribution in [0.3, 0.4) is 0 Å². The molecule has 0 spiro atoms. The van der Waals surface area contributed by atoms with Gasteiger partial charge in [-0.05, 0) is 48.6 Å². The first-order chi connectivity index (χ1) is 12.2. The summed E-state index contributed by atoms with van der Waals surface area (Å²) < 4.78 is 0.415. The van der Waals surface area contributed by atoms with E-state index < -0.39 is 0 Å². The van der Waals surface area contributed by atoms with Gasteiger partial charge >= 0.3 is 0 Å². The van der Waals surface area contributed by atoms with Crippen molar-refractivity contribution in [1.29, 1.82) is 0 Å². The molecule has 1 aromatic heterocycles. The fourth-order valence-electron chi connectivity index (χ4n) is 2.56. The zero-order chi connectivity index (χ0) is 17.2. The summed E-state index contributed by atoms with van der Waals surface area (Å²) in [7, 11) is 0. The van der Waals surface area contributed by atoms with Crippen LogP contribution in [0, 0.1) is 4.77 Å². The van der Waals surface area contributed by atoms with Gasteiger partial charge in [-0.15, -0.1) is 5.11 Å². The van der Waals surface area contributed by atoms with Crippen LogP contribution in [-0.2, 0) is 0 Å². The van der Waals surface area contributed by atoms with E-state index in [1.165, 1.54) is 0 Å². The summed E-state index contributed by atoms with van der Waals surface area (Å²) in [5.74, 6) is 0.910. The van der Waals surface area contributed by atoms with Crippen LogP contribution < -0.4 is 0 Å². The Balaban J connectivity index is 1.64. The van der Waals surface area contributed by atoms with Crippen molar-refractivity contribution in [3.63, 3.8) is 0 Å². The molecule has 7 heteroatoms. The van der Waals surface area contributed by atoms with Crippen molar-refractivity contribution in [3.05, 3.63) is 65.4 Å². The average Bonchev–Trinajstić information content (AvgIpc) is 3.08. The van der Waals surface area contributed by atoms with Gasteiger partial charge in [-0.25, -0.2) is 0 Å². The van der Waals surface area contributed by atoms with Crippen LogP contribution in [-0.4, -0.2) is 20.3 Å². The van der Waals surface area contributed by atoms with E-state index in [1.807, 2.05) is 48.5 Å². The van der Waals surface area contributed by atoms with Crippen molar-refractivity contribution in [2.75, 3.05) is 0 Å². The molecule has 3 aromatic carbocycles. The Morgan fingerprint density at radius 3 is 2.32 bits per heavy atom. The lowest BCUT2D eigenvalue weighted by Gasteiger charge is -2.03. The van der Waals surface area contributed by atoms with Crippen molar-refractivity contribution in [2.45, 2.75) is 0 Å². The van der Waals surface area contributed by atoms with Crippen LogP contribution >= 0.6 is 12.2 Å². The second kappa shape index (κ2) is 6.29. The van der Waals surface area contributed by atoms with Crippen LogP contribution in [0.25, 0.3) is 22.2 Å². The average molecular weight is 347 g/mol. The van der Waals surface area contributed by atoms with Gasteiger partial charge in [0, 0.05) is 16.3 Å². The monoisotopic (exact) mass is 347 g/mol. The van der Waals surface area contributed by atoms with Gasteiger partial charge in [-0.1, -0.05) is 24.3 Å². The number of hydrogen-bond donors (Lipinski definition) is 3. The molecule has 0 radical (unpaired) electrons. The van der Waals surface area contributed by atoms with E-state index in [4.69, 9.17) is 12.2 Å². The van der Waals surface area contributed by atoms with Gasteiger partial charge in [0.25, 0.3) is 0 Å². The molecule has 0 aliphatic rings. The molecular weight excluding hydrogens is 334 g/mol. The highest BCUT2D eigenvalue weighted by Crippen LogP contribution is 2.33. The van der Waals surface area contributed by atoms with Crippen molar-refractivity contribution in [3.8, 4) is 17.1 Å². The highest BCUT2D eigenvalue weighted by Gasteiger charge is 2.04. The van der Waals surface area contributed by atoms with E-state index in [1.54, 1.807) is 12.1 Å². The minimum absolute atomic E-state index is 0.232. The summed E-state index contributed by atoms with van der Waals surface area (Å²) in [5, 5.41) is 25.8. The predicted molar refractivity (Wildman–Crippen MR) is 99.0 cm³/mol. The number of H-pyrrole nitrogens is 2. The molecule has 0 bridgehead atoms. The molecule has 4 aromatic rings. The van der Waals surface area contributed by atoms with Crippen molar-refractivity contribution >= 4 is 34.4 Å². The Morgan fingerprint density at radius 1 is 0.840 bits per heavy atom. The quantitative estimate of drug-likeness (QED) is 0.342. The first kappa shape index (κ1) is 15.2. The number of phenolic OH excluding ortho intramolecular Hbond substituents is 1. The number of fused-ring (bicyclic) bond motifs is 1. The summed E-state index contributed by atoms with van der Waals surface area (Å²) in [6.45, 7) is 0. The minimum atomic E-state index is 0.232. The Bertz CT molecular complexity index is 1130. The van der Waals surface area contributed by atoms with E-state index in [9.17, 15) is 5.11 Å². The molecule has 0 fully saturated rings.